The van der Waals surface area contributed by atoms with Gasteiger partial charge in [-0.3, -0.25) is 19.6 Å². The van der Waals surface area contributed by atoms with E-state index in [0.717, 1.165) is 5.69 Å². The molecule has 0 saturated heterocycles. The summed E-state index contributed by atoms with van der Waals surface area (Å²) < 4.78 is 12.7. The molecule has 0 spiro atoms. The summed E-state index contributed by atoms with van der Waals surface area (Å²) in [5, 5.41) is 15.4. The Bertz CT molecular complexity index is 1070. The van der Waals surface area contributed by atoms with Crippen molar-refractivity contribution in [3.8, 4) is 5.75 Å². The number of halogens is 1. The van der Waals surface area contributed by atoms with E-state index in [2.05, 4.69) is 5.10 Å². The van der Waals surface area contributed by atoms with Crippen LogP contribution in [0.15, 0.2) is 47.0 Å². The van der Waals surface area contributed by atoms with E-state index in [1.54, 1.807) is 29.9 Å². The molecule has 1 aromatic carbocycles. The van der Waals surface area contributed by atoms with Crippen molar-refractivity contribution in [3.63, 3.8) is 0 Å². The Kier molecular flexibility index (Phi) is 5.60. The third-order valence-corrected chi connectivity index (χ3v) is 4.30. The summed E-state index contributed by atoms with van der Waals surface area (Å²) in [6.07, 6.45) is 4.46. The second-order valence-electron chi connectivity index (χ2n) is 5.93. The Labute approximate surface area is 165 Å². The molecule has 0 bridgehead atoms. The molecular formula is C19H16ClN3O5. The van der Waals surface area contributed by atoms with Gasteiger partial charge in [0.15, 0.2) is 11.5 Å². The Morgan fingerprint density at radius 2 is 2.18 bits per heavy atom. The van der Waals surface area contributed by atoms with Crippen molar-refractivity contribution < 1.29 is 18.9 Å². The first-order chi connectivity index (χ1) is 13.3. The molecule has 144 valence electrons. The van der Waals surface area contributed by atoms with E-state index in [-0.39, 0.29) is 28.8 Å². The number of rotatable bonds is 7. The summed E-state index contributed by atoms with van der Waals surface area (Å²) in [7, 11) is 1.76. The maximum Gasteiger partial charge on any atom is 0.312 e. The fourth-order valence-electron chi connectivity index (χ4n) is 2.45. The molecule has 9 heteroatoms. The zero-order valence-corrected chi connectivity index (χ0v) is 15.8. The van der Waals surface area contributed by atoms with Crippen LogP contribution in [0.4, 0.5) is 5.69 Å². The van der Waals surface area contributed by atoms with Crippen molar-refractivity contribution in [3.05, 3.63) is 80.5 Å². The lowest BCUT2D eigenvalue weighted by Gasteiger charge is -2.05. The largest absolute Gasteiger partial charge is 0.479 e. The summed E-state index contributed by atoms with van der Waals surface area (Å²) in [4.78, 5) is 22.7. The summed E-state index contributed by atoms with van der Waals surface area (Å²) in [5.41, 5.74) is 1.06. The van der Waals surface area contributed by atoms with Crippen LogP contribution in [0.3, 0.4) is 0 Å². The van der Waals surface area contributed by atoms with Gasteiger partial charge in [-0.15, -0.1) is 0 Å². The summed E-state index contributed by atoms with van der Waals surface area (Å²) >= 11 is 5.78. The number of nitrogens with zero attached hydrogens (tertiary/aromatic N) is 3. The van der Waals surface area contributed by atoms with E-state index in [9.17, 15) is 14.9 Å². The molecule has 0 unspecified atom stereocenters. The van der Waals surface area contributed by atoms with Crippen LogP contribution in [-0.2, 0) is 13.7 Å². The normalized spacial score (nSPS) is 11.1. The summed E-state index contributed by atoms with van der Waals surface area (Å²) in [6.45, 7) is 1.80. The minimum absolute atomic E-state index is 0.00796. The molecule has 0 aliphatic carbocycles. The number of ether oxygens (including phenoxy) is 1. The molecule has 0 aliphatic heterocycles. The Morgan fingerprint density at radius 1 is 1.39 bits per heavy atom. The molecule has 28 heavy (non-hydrogen) atoms. The Hall–Kier alpha value is -3.39. The van der Waals surface area contributed by atoms with Crippen LogP contribution in [0.2, 0.25) is 5.02 Å². The van der Waals surface area contributed by atoms with Crippen LogP contribution in [0.5, 0.6) is 5.75 Å². The molecule has 8 nitrogen and oxygen atoms in total. The molecule has 0 N–H and O–H groups in total. The fraction of sp³-hybridized carbons (Fsp3) is 0.158. The summed E-state index contributed by atoms with van der Waals surface area (Å²) in [5.74, 6) is 0.815. The molecule has 2 heterocycles. The lowest BCUT2D eigenvalue weighted by molar-refractivity contribution is -0.385. The number of hydrogen-bond donors (Lipinski definition) is 0. The van der Waals surface area contributed by atoms with Crippen molar-refractivity contribution in [2.75, 3.05) is 0 Å². The average Bonchev–Trinajstić information content (AvgIpc) is 3.25. The fourth-order valence-corrected chi connectivity index (χ4v) is 2.62. The van der Waals surface area contributed by atoms with Crippen molar-refractivity contribution in [2.24, 2.45) is 7.05 Å². The van der Waals surface area contributed by atoms with Crippen LogP contribution in [0, 0.1) is 17.0 Å². The average molecular weight is 402 g/mol. The molecule has 3 aromatic rings. The van der Waals surface area contributed by atoms with Crippen molar-refractivity contribution in [2.45, 2.75) is 13.5 Å². The molecular weight excluding hydrogens is 386 g/mol. The highest BCUT2D eigenvalue weighted by molar-refractivity contribution is 6.30. The SMILES string of the molecule is Cc1c(C(=O)/C=C/c2ccc(COc3ccc(Cl)cc3[N+](=O)[O-])o2)cnn1C. The van der Waals surface area contributed by atoms with Gasteiger partial charge >= 0.3 is 5.69 Å². The van der Waals surface area contributed by atoms with Gasteiger partial charge in [0.2, 0.25) is 0 Å². The van der Waals surface area contributed by atoms with Crippen molar-refractivity contribution in [1.29, 1.82) is 0 Å². The van der Waals surface area contributed by atoms with Crippen molar-refractivity contribution >= 4 is 29.1 Å². The van der Waals surface area contributed by atoms with Gasteiger partial charge in [-0.25, -0.2) is 0 Å². The topological polar surface area (TPSA) is 100 Å². The number of benzene rings is 1. The number of nitro groups is 1. The lowest BCUT2D eigenvalue weighted by atomic mass is 10.1. The number of ketones is 1. The number of allylic oxidation sites excluding steroid dienone is 1. The van der Waals surface area contributed by atoms with Crippen LogP contribution in [0.1, 0.15) is 27.6 Å². The van der Waals surface area contributed by atoms with Crippen molar-refractivity contribution in [1.82, 2.24) is 9.78 Å². The van der Waals surface area contributed by atoms with Gasteiger partial charge in [0, 0.05) is 23.8 Å². The zero-order chi connectivity index (χ0) is 20.3. The highest BCUT2D eigenvalue weighted by Crippen LogP contribution is 2.30. The van der Waals surface area contributed by atoms with Crippen LogP contribution < -0.4 is 4.74 Å². The number of carbonyl (C=O) groups is 1. The van der Waals surface area contributed by atoms with Crippen LogP contribution in [0.25, 0.3) is 6.08 Å². The van der Waals surface area contributed by atoms with E-state index in [1.807, 2.05) is 6.92 Å². The number of furan rings is 1. The second-order valence-corrected chi connectivity index (χ2v) is 6.36. The summed E-state index contributed by atoms with van der Waals surface area (Å²) in [6, 6.07) is 7.50. The third-order valence-electron chi connectivity index (χ3n) is 4.07. The van der Waals surface area contributed by atoms with Gasteiger partial charge in [0.25, 0.3) is 0 Å². The molecule has 0 amide bonds. The minimum Gasteiger partial charge on any atom is -0.479 e. The molecule has 0 radical (unpaired) electrons. The molecule has 0 fully saturated rings. The minimum atomic E-state index is -0.566. The van der Waals surface area contributed by atoms with E-state index in [0.29, 0.717) is 17.1 Å². The van der Waals surface area contributed by atoms with E-state index in [1.165, 1.54) is 30.5 Å². The third kappa shape index (κ3) is 4.29. The number of carbonyl (C=O) groups excluding carboxylic acids is 1. The first-order valence-electron chi connectivity index (χ1n) is 8.21. The van der Waals surface area contributed by atoms with E-state index in [4.69, 9.17) is 20.8 Å². The maximum absolute atomic E-state index is 12.2. The van der Waals surface area contributed by atoms with Gasteiger partial charge in [-0.05, 0) is 43.3 Å². The van der Waals surface area contributed by atoms with Crippen LogP contribution in [-0.4, -0.2) is 20.5 Å². The second kappa shape index (κ2) is 8.10. The Balaban J connectivity index is 1.66. The molecule has 2 aromatic heterocycles. The maximum atomic E-state index is 12.2. The van der Waals surface area contributed by atoms with Gasteiger partial charge < -0.3 is 9.15 Å². The first-order valence-corrected chi connectivity index (χ1v) is 8.59. The number of aromatic nitrogens is 2. The Morgan fingerprint density at radius 3 is 2.86 bits per heavy atom. The lowest BCUT2D eigenvalue weighted by Crippen LogP contribution is -1.98. The predicted octanol–water partition coefficient (Wildman–Crippen LogP) is 4.36. The van der Waals surface area contributed by atoms with Gasteiger partial charge in [0.05, 0.1) is 16.7 Å². The van der Waals surface area contributed by atoms with Gasteiger partial charge in [-0.2, -0.15) is 5.10 Å². The highest BCUT2D eigenvalue weighted by Gasteiger charge is 2.16. The number of aryl methyl sites for hydroxylation is 1. The standard InChI is InChI=1S/C19H16ClN3O5/c1-12-16(10-21-22(12)2)18(24)7-6-14-4-5-15(28-14)11-27-19-8-3-13(20)9-17(19)23(25)26/h3-10H,11H2,1-2H3/b7-6+. The highest BCUT2D eigenvalue weighted by atomic mass is 35.5. The monoisotopic (exact) mass is 401 g/mol. The molecule has 0 saturated carbocycles. The van der Waals surface area contributed by atoms with E-state index >= 15 is 0 Å². The zero-order valence-electron chi connectivity index (χ0n) is 15.1. The number of hydrogen-bond acceptors (Lipinski definition) is 6. The quantitative estimate of drug-likeness (QED) is 0.252. The van der Waals surface area contributed by atoms with Crippen LogP contribution >= 0.6 is 11.6 Å². The first kappa shape index (κ1) is 19.4. The van der Waals surface area contributed by atoms with E-state index < -0.39 is 4.92 Å². The van der Waals surface area contributed by atoms with Gasteiger partial charge in [0.1, 0.15) is 18.1 Å². The molecule has 3 rings (SSSR count). The predicted molar refractivity (Wildman–Crippen MR) is 102 cm³/mol. The molecule has 0 aliphatic rings. The van der Waals surface area contributed by atoms with Gasteiger partial charge in [-0.1, -0.05) is 11.6 Å². The smallest absolute Gasteiger partial charge is 0.312 e. The number of nitro benzene ring substituents is 1. The molecule has 0 atom stereocenters.